The Labute approximate surface area is 117 Å². The summed E-state index contributed by atoms with van der Waals surface area (Å²) in [6, 6.07) is 6.00. The second-order valence-electron chi connectivity index (χ2n) is 4.87. The Bertz CT molecular complexity index is 393. The van der Waals surface area contributed by atoms with Crippen molar-refractivity contribution < 1.29 is 9.84 Å². The first kappa shape index (κ1) is 13.8. The van der Waals surface area contributed by atoms with Crippen LogP contribution in [-0.2, 0) is 11.3 Å². The van der Waals surface area contributed by atoms with Gasteiger partial charge in [-0.2, -0.15) is 0 Å². The molecule has 0 saturated heterocycles. The molecular weight excluding hydrogens is 294 g/mol. The maximum absolute atomic E-state index is 9.12. The fourth-order valence-corrected chi connectivity index (χ4v) is 2.26. The maximum atomic E-state index is 9.12. The van der Waals surface area contributed by atoms with Gasteiger partial charge in [0.15, 0.2) is 0 Å². The van der Waals surface area contributed by atoms with E-state index < -0.39 is 0 Å². The van der Waals surface area contributed by atoms with Gasteiger partial charge in [0, 0.05) is 30.4 Å². The van der Waals surface area contributed by atoms with E-state index in [0.29, 0.717) is 0 Å². The zero-order valence-electron chi connectivity index (χ0n) is 10.7. The molecule has 0 aromatic heterocycles. The normalized spacial score (nSPS) is 14.8. The Hall–Kier alpha value is -0.580. The summed E-state index contributed by atoms with van der Waals surface area (Å²) in [5.41, 5.74) is 2.05. The fourth-order valence-electron chi connectivity index (χ4n) is 1.77. The van der Waals surface area contributed by atoms with Crippen molar-refractivity contribution in [1.29, 1.82) is 0 Å². The highest BCUT2D eigenvalue weighted by atomic mass is 79.9. The SMILES string of the molecule is CN(CCOCC1CC1)c1ccc(CO)c(Br)c1. The largest absolute Gasteiger partial charge is 0.392 e. The van der Waals surface area contributed by atoms with Crippen LogP contribution < -0.4 is 4.90 Å². The molecule has 1 fully saturated rings. The quantitative estimate of drug-likeness (QED) is 0.786. The molecule has 2 rings (SSSR count). The molecule has 0 spiro atoms. The summed E-state index contributed by atoms with van der Waals surface area (Å²) < 4.78 is 6.58. The molecule has 1 aromatic carbocycles. The van der Waals surface area contributed by atoms with Crippen LogP contribution in [0.1, 0.15) is 18.4 Å². The molecule has 0 heterocycles. The summed E-state index contributed by atoms with van der Waals surface area (Å²) in [4.78, 5) is 2.17. The Balaban J connectivity index is 1.79. The van der Waals surface area contributed by atoms with E-state index >= 15 is 0 Å². The molecule has 100 valence electrons. The number of likely N-dealkylation sites (N-methyl/N-ethyl adjacent to an activating group) is 1. The van der Waals surface area contributed by atoms with Crippen LogP contribution in [0.2, 0.25) is 0 Å². The Morgan fingerprint density at radius 2 is 2.22 bits per heavy atom. The fraction of sp³-hybridized carbons (Fsp3) is 0.571. The number of hydrogen-bond donors (Lipinski definition) is 1. The lowest BCUT2D eigenvalue weighted by Crippen LogP contribution is -2.23. The molecule has 3 nitrogen and oxygen atoms in total. The van der Waals surface area contributed by atoms with E-state index in [1.807, 2.05) is 18.2 Å². The van der Waals surface area contributed by atoms with E-state index in [9.17, 15) is 0 Å². The molecule has 1 aromatic rings. The van der Waals surface area contributed by atoms with Crippen LogP contribution in [0.3, 0.4) is 0 Å². The summed E-state index contributed by atoms with van der Waals surface area (Å²) in [6.45, 7) is 2.64. The van der Waals surface area contributed by atoms with Gasteiger partial charge in [-0.25, -0.2) is 0 Å². The predicted molar refractivity (Wildman–Crippen MR) is 76.9 cm³/mol. The number of benzene rings is 1. The zero-order chi connectivity index (χ0) is 13.0. The van der Waals surface area contributed by atoms with E-state index in [1.165, 1.54) is 12.8 Å². The first-order valence-corrected chi connectivity index (χ1v) is 7.18. The minimum absolute atomic E-state index is 0.0646. The zero-order valence-corrected chi connectivity index (χ0v) is 12.3. The third kappa shape index (κ3) is 3.97. The number of anilines is 1. The molecule has 1 N–H and O–H groups in total. The van der Waals surface area contributed by atoms with Gasteiger partial charge >= 0.3 is 0 Å². The molecule has 0 radical (unpaired) electrons. The van der Waals surface area contributed by atoms with Gasteiger partial charge in [0.25, 0.3) is 0 Å². The van der Waals surface area contributed by atoms with Crippen LogP contribution in [0.15, 0.2) is 22.7 Å². The molecule has 1 aliphatic carbocycles. The molecular formula is C14H20BrNO2. The lowest BCUT2D eigenvalue weighted by atomic mass is 10.2. The molecule has 4 heteroatoms. The first-order chi connectivity index (χ1) is 8.70. The summed E-state index contributed by atoms with van der Waals surface area (Å²) in [7, 11) is 2.06. The molecule has 0 aliphatic heterocycles. The third-order valence-electron chi connectivity index (χ3n) is 3.27. The number of aliphatic hydroxyl groups excluding tert-OH is 1. The van der Waals surface area contributed by atoms with Crippen molar-refractivity contribution in [2.75, 3.05) is 31.7 Å². The van der Waals surface area contributed by atoms with E-state index in [1.54, 1.807) is 0 Å². The minimum Gasteiger partial charge on any atom is -0.392 e. The number of halogens is 1. The van der Waals surface area contributed by atoms with Gasteiger partial charge in [-0.15, -0.1) is 0 Å². The molecule has 0 unspecified atom stereocenters. The molecule has 0 amide bonds. The number of hydrogen-bond acceptors (Lipinski definition) is 3. The maximum Gasteiger partial charge on any atom is 0.0692 e. The lowest BCUT2D eigenvalue weighted by Gasteiger charge is -2.20. The van der Waals surface area contributed by atoms with Crippen LogP contribution >= 0.6 is 15.9 Å². The molecule has 1 aliphatic rings. The van der Waals surface area contributed by atoms with Crippen molar-refractivity contribution in [3.05, 3.63) is 28.2 Å². The van der Waals surface area contributed by atoms with Crippen molar-refractivity contribution in [3.8, 4) is 0 Å². The van der Waals surface area contributed by atoms with Gasteiger partial charge in [-0.3, -0.25) is 0 Å². The number of rotatable bonds is 7. The van der Waals surface area contributed by atoms with E-state index in [4.69, 9.17) is 9.84 Å². The van der Waals surface area contributed by atoms with Crippen LogP contribution in [0.4, 0.5) is 5.69 Å². The van der Waals surface area contributed by atoms with Gasteiger partial charge in [-0.1, -0.05) is 22.0 Å². The summed E-state index contributed by atoms with van der Waals surface area (Å²) in [6.07, 6.45) is 2.68. The van der Waals surface area contributed by atoms with Gasteiger partial charge in [0.2, 0.25) is 0 Å². The van der Waals surface area contributed by atoms with E-state index in [0.717, 1.165) is 41.4 Å². The van der Waals surface area contributed by atoms with Crippen molar-refractivity contribution >= 4 is 21.6 Å². The first-order valence-electron chi connectivity index (χ1n) is 6.39. The number of ether oxygens (including phenoxy) is 1. The van der Waals surface area contributed by atoms with Crippen LogP contribution in [-0.4, -0.2) is 31.9 Å². The molecule has 18 heavy (non-hydrogen) atoms. The van der Waals surface area contributed by atoms with Crippen LogP contribution in [0.25, 0.3) is 0 Å². The highest BCUT2D eigenvalue weighted by Gasteiger charge is 2.20. The van der Waals surface area contributed by atoms with Gasteiger partial charge in [0.05, 0.1) is 13.2 Å². The van der Waals surface area contributed by atoms with E-state index in [-0.39, 0.29) is 6.61 Å². The van der Waals surface area contributed by atoms with Crippen molar-refractivity contribution in [3.63, 3.8) is 0 Å². The number of aliphatic hydroxyl groups is 1. The standard InChI is InChI=1S/C14H20BrNO2/c1-16(6-7-18-10-11-2-3-11)13-5-4-12(9-17)14(15)8-13/h4-5,8,11,17H,2-3,6-7,9-10H2,1H3. The summed E-state index contributed by atoms with van der Waals surface area (Å²) in [5.74, 6) is 0.827. The monoisotopic (exact) mass is 313 g/mol. The second kappa shape index (κ2) is 6.55. The minimum atomic E-state index is 0.0646. The molecule has 0 atom stereocenters. The van der Waals surface area contributed by atoms with Gasteiger partial charge < -0.3 is 14.7 Å². The topological polar surface area (TPSA) is 32.7 Å². The third-order valence-corrected chi connectivity index (χ3v) is 4.01. The predicted octanol–water partition coefficient (Wildman–Crippen LogP) is 2.80. The van der Waals surface area contributed by atoms with Crippen molar-refractivity contribution in [2.45, 2.75) is 19.4 Å². The lowest BCUT2D eigenvalue weighted by molar-refractivity contribution is 0.131. The van der Waals surface area contributed by atoms with Crippen molar-refractivity contribution in [1.82, 2.24) is 0 Å². The Morgan fingerprint density at radius 1 is 1.44 bits per heavy atom. The molecule has 1 saturated carbocycles. The highest BCUT2D eigenvalue weighted by Crippen LogP contribution is 2.28. The van der Waals surface area contributed by atoms with Gasteiger partial charge in [-0.05, 0) is 36.5 Å². The summed E-state index contributed by atoms with van der Waals surface area (Å²) >= 11 is 3.47. The van der Waals surface area contributed by atoms with Crippen molar-refractivity contribution in [2.24, 2.45) is 5.92 Å². The smallest absolute Gasteiger partial charge is 0.0692 e. The molecule has 0 bridgehead atoms. The van der Waals surface area contributed by atoms with Crippen LogP contribution in [0, 0.1) is 5.92 Å². The second-order valence-corrected chi connectivity index (χ2v) is 5.73. The average molecular weight is 314 g/mol. The van der Waals surface area contributed by atoms with E-state index in [2.05, 4.69) is 27.9 Å². The average Bonchev–Trinajstić information content (AvgIpc) is 3.18. The van der Waals surface area contributed by atoms with Crippen LogP contribution in [0.5, 0.6) is 0 Å². The van der Waals surface area contributed by atoms with Gasteiger partial charge in [0.1, 0.15) is 0 Å². The summed E-state index contributed by atoms with van der Waals surface area (Å²) in [5, 5.41) is 9.12. The Morgan fingerprint density at radius 3 is 2.83 bits per heavy atom. The Kier molecular flexibility index (Phi) is 5.03. The number of nitrogens with zero attached hydrogens (tertiary/aromatic N) is 1. The highest BCUT2D eigenvalue weighted by molar-refractivity contribution is 9.10.